The van der Waals surface area contributed by atoms with Gasteiger partial charge in [-0.1, -0.05) is 19.3 Å². The first-order valence-electron chi connectivity index (χ1n) is 6.44. The molecule has 0 aliphatic heterocycles. The lowest BCUT2D eigenvalue weighted by Gasteiger charge is -2.23. The highest BCUT2D eigenvalue weighted by atomic mass is 16.5. The maximum Gasteiger partial charge on any atom is 0.307 e. The molecule has 0 amide bonds. The van der Waals surface area contributed by atoms with Crippen molar-refractivity contribution >= 4 is 11.9 Å². The Balaban J connectivity index is 2.17. The molecular formula is C12H23N3O2. The summed E-state index contributed by atoms with van der Waals surface area (Å²) >= 11 is 0. The van der Waals surface area contributed by atoms with E-state index in [0.29, 0.717) is 31.6 Å². The van der Waals surface area contributed by atoms with E-state index >= 15 is 0 Å². The third kappa shape index (κ3) is 6.14. The van der Waals surface area contributed by atoms with Gasteiger partial charge in [0.2, 0.25) is 0 Å². The molecule has 0 aromatic carbocycles. The number of carbonyl (C=O) groups excluding carboxylic acids is 1. The largest absolute Gasteiger partial charge is 0.466 e. The number of aliphatic imine (C=N–C) groups is 1. The number of esters is 1. The van der Waals surface area contributed by atoms with Crippen molar-refractivity contribution in [1.82, 2.24) is 5.32 Å². The van der Waals surface area contributed by atoms with Gasteiger partial charge in [0.25, 0.3) is 0 Å². The highest BCUT2D eigenvalue weighted by molar-refractivity contribution is 5.78. The Hall–Kier alpha value is -1.26. The number of ether oxygens (including phenoxy) is 1. The summed E-state index contributed by atoms with van der Waals surface area (Å²) in [5, 5.41) is 3.20. The van der Waals surface area contributed by atoms with E-state index in [1.165, 1.54) is 19.3 Å². The molecule has 1 rings (SSSR count). The van der Waals surface area contributed by atoms with Crippen LogP contribution in [0.25, 0.3) is 0 Å². The van der Waals surface area contributed by atoms with E-state index in [-0.39, 0.29) is 5.97 Å². The molecule has 5 heteroatoms. The number of nitrogens with one attached hydrogen (secondary N) is 1. The first-order chi connectivity index (χ1) is 8.22. The highest BCUT2D eigenvalue weighted by Gasteiger charge is 2.13. The van der Waals surface area contributed by atoms with Gasteiger partial charge in [-0.15, -0.1) is 0 Å². The van der Waals surface area contributed by atoms with Crippen molar-refractivity contribution in [3.05, 3.63) is 0 Å². The fourth-order valence-corrected chi connectivity index (χ4v) is 2.00. The van der Waals surface area contributed by atoms with Crippen LogP contribution in [0, 0.1) is 0 Å². The summed E-state index contributed by atoms with van der Waals surface area (Å²) in [6.45, 7) is 2.60. The van der Waals surface area contributed by atoms with Crippen LogP contribution in [0.5, 0.6) is 0 Å². The highest BCUT2D eigenvalue weighted by Crippen LogP contribution is 2.16. The monoisotopic (exact) mass is 241 g/mol. The molecule has 0 bridgehead atoms. The molecule has 5 nitrogen and oxygen atoms in total. The minimum atomic E-state index is -0.221. The molecule has 0 aromatic heterocycles. The molecule has 3 N–H and O–H groups in total. The Morgan fingerprint density at radius 2 is 2.12 bits per heavy atom. The van der Waals surface area contributed by atoms with Crippen LogP contribution in [0.1, 0.15) is 45.4 Å². The first-order valence-corrected chi connectivity index (χ1v) is 6.44. The van der Waals surface area contributed by atoms with Crippen molar-refractivity contribution in [2.75, 3.05) is 13.2 Å². The van der Waals surface area contributed by atoms with E-state index in [1.807, 2.05) is 0 Å². The molecule has 0 heterocycles. The third-order valence-electron chi connectivity index (χ3n) is 2.86. The molecular weight excluding hydrogens is 218 g/mol. The smallest absolute Gasteiger partial charge is 0.307 e. The topological polar surface area (TPSA) is 76.7 Å². The Labute approximate surface area is 103 Å². The second-order valence-corrected chi connectivity index (χ2v) is 4.30. The van der Waals surface area contributed by atoms with Crippen molar-refractivity contribution in [1.29, 1.82) is 0 Å². The molecule has 1 saturated carbocycles. The van der Waals surface area contributed by atoms with Crippen LogP contribution in [0.4, 0.5) is 0 Å². The number of hydrogen-bond donors (Lipinski definition) is 2. The minimum absolute atomic E-state index is 0.221. The van der Waals surface area contributed by atoms with E-state index in [0.717, 1.165) is 12.8 Å². The second-order valence-electron chi connectivity index (χ2n) is 4.30. The molecule has 0 aromatic rings. The van der Waals surface area contributed by atoms with Gasteiger partial charge in [0, 0.05) is 6.04 Å². The van der Waals surface area contributed by atoms with Gasteiger partial charge in [-0.3, -0.25) is 9.79 Å². The van der Waals surface area contributed by atoms with Crippen LogP contribution in [0.3, 0.4) is 0 Å². The van der Waals surface area contributed by atoms with Gasteiger partial charge in [0.1, 0.15) is 0 Å². The molecule has 98 valence electrons. The average Bonchev–Trinajstić information content (AvgIpc) is 2.30. The zero-order valence-corrected chi connectivity index (χ0v) is 10.6. The predicted octanol–water partition coefficient (Wildman–Crippen LogP) is 1.18. The number of guanidine groups is 1. The van der Waals surface area contributed by atoms with Crippen molar-refractivity contribution in [3.63, 3.8) is 0 Å². The number of nitrogens with zero attached hydrogens (tertiary/aromatic N) is 1. The van der Waals surface area contributed by atoms with Crippen molar-refractivity contribution < 1.29 is 9.53 Å². The first kappa shape index (κ1) is 13.8. The minimum Gasteiger partial charge on any atom is -0.466 e. The summed E-state index contributed by atoms with van der Waals surface area (Å²) in [5.41, 5.74) is 5.75. The lowest BCUT2D eigenvalue weighted by atomic mass is 9.96. The van der Waals surface area contributed by atoms with Gasteiger partial charge in [-0.25, -0.2) is 0 Å². The van der Waals surface area contributed by atoms with Crippen LogP contribution < -0.4 is 11.1 Å². The van der Waals surface area contributed by atoms with Crippen molar-refractivity contribution in [2.24, 2.45) is 10.7 Å². The van der Waals surface area contributed by atoms with Crippen LogP contribution >= 0.6 is 0 Å². The molecule has 0 radical (unpaired) electrons. The molecule has 17 heavy (non-hydrogen) atoms. The van der Waals surface area contributed by atoms with E-state index in [9.17, 15) is 4.79 Å². The van der Waals surface area contributed by atoms with Crippen molar-refractivity contribution in [2.45, 2.75) is 51.5 Å². The molecule has 1 aliphatic rings. The zero-order chi connectivity index (χ0) is 12.5. The number of rotatable bonds is 5. The molecule has 0 atom stereocenters. The van der Waals surface area contributed by atoms with E-state index in [4.69, 9.17) is 10.5 Å². The summed E-state index contributed by atoms with van der Waals surface area (Å²) in [5.74, 6) is 0.225. The van der Waals surface area contributed by atoms with Crippen LogP contribution in [-0.4, -0.2) is 31.1 Å². The fourth-order valence-electron chi connectivity index (χ4n) is 2.00. The van der Waals surface area contributed by atoms with Crippen molar-refractivity contribution in [3.8, 4) is 0 Å². The number of carbonyl (C=O) groups is 1. The molecule has 0 spiro atoms. The Bertz CT molecular complexity index is 260. The van der Waals surface area contributed by atoms with E-state index < -0.39 is 0 Å². The van der Waals surface area contributed by atoms with Gasteiger partial charge in [0.15, 0.2) is 5.96 Å². The molecule has 0 saturated heterocycles. The summed E-state index contributed by atoms with van der Waals surface area (Å²) < 4.78 is 4.80. The molecule has 1 aliphatic carbocycles. The van der Waals surface area contributed by atoms with Crippen LogP contribution in [0.15, 0.2) is 4.99 Å². The Morgan fingerprint density at radius 3 is 2.76 bits per heavy atom. The lowest BCUT2D eigenvalue weighted by Crippen LogP contribution is -2.41. The lowest BCUT2D eigenvalue weighted by molar-refractivity contribution is -0.142. The quantitative estimate of drug-likeness (QED) is 0.430. The van der Waals surface area contributed by atoms with Crippen LogP contribution in [0.2, 0.25) is 0 Å². The van der Waals surface area contributed by atoms with E-state index in [2.05, 4.69) is 10.3 Å². The average molecular weight is 241 g/mol. The normalized spacial score (nSPS) is 17.8. The third-order valence-corrected chi connectivity index (χ3v) is 2.86. The maximum atomic E-state index is 11.1. The standard InChI is InChI=1S/C12H23N3O2/c1-2-17-11(16)8-9-14-12(13)15-10-6-4-3-5-7-10/h10H,2-9H2,1H3,(H3,13,14,15). The van der Waals surface area contributed by atoms with Crippen LogP contribution in [-0.2, 0) is 9.53 Å². The van der Waals surface area contributed by atoms with Gasteiger partial charge < -0.3 is 15.8 Å². The van der Waals surface area contributed by atoms with Gasteiger partial charge in [-0.2, -0.15) is 0 Å². The molecule has 1 fully saturated rings. The van der Waals surface area contributed by atoms with Gasteiger partial charge >= 0.3 is 5.97 Å². The summed E-state index contributed by atoms with van der Waals surface area (Å²) in [6, 6.07) is 0.454. The summed E-state index contributed by atoms with van der Waals surface area (Å²) in [4.78, 5) is 15.2. The zero-order valence-electron chi connectivity index (χ0n) is 10.6. The Kier molecular flexibility index (Phi) is 6.43. The maximum absolute atomic E-state index is 11.1. The second kappa shape index (κ2) is 7.92. The number of hydrogen-bond acceptors (Lipinski definition) is 3. The Morgan fingerprint density at radius 1 is 1.41 bits per heavy atom. The van der Waals surface area contributed by atoms with Gasteiger partial charge in [0.05, 0.1) is 19.6 Å². The fraction of sp³-hybridized carbons (Fsp3) is 0.833. The SMILES string of the molecule is CCOC(=O)CCN=C(N)NC1CCCCC1. The summed E-state index contributed by atoms with van der Waals surface area (Å²) in [6.07, 6.45) is 6.45. The van der Waals surface area contributed by atoms with Gasteiger partial charge in [-0.05, 0) is 19.8 Å². The predicted molar refractivity (Wildman–Crippen MR) is 67.7 cm³/mol. The molecule has 0 unspecified atom stereocenters. The number of nitrogens with two attached hydrogens (primary N) is 1. The summed E-state index contributed by atoms with van der Waals surface area (Å²) in [7, 11) is 0. The van der Waals surface area contributed by atoms with E-state index in [1.54, 1.807) is 6.92 Å².